The molecule has 1 aliphatic rings. The van der Waals surface area contributed by atoms with Crippen LogP contribution in [0.5, 0.6) is 0 Å². The Hall–Kier alpha value is -3.49. The number of hydrogen-bond acceptors (Lipinski definition) is 7. The molecule has 9 heteroatoms. The molecular weight excluding hydrogens is 414 g/mol. The highest BCUT2D eigenvalue weighted by Gasteiger charge is 2.22. The van der Waals surface area contributed by atoms with Crippen molar-refractivity contribution >= 4 is 22.7 Å². The zero-order valence-electron chi connectivity index (χ0n) is 19.3. The molecule has 0 radical (unpaired) electrons. The van der Waals surface area contributed by atoms with E-state index in [4.69, 9.17) is 10.8 Å². The standard InChI is InChI=1S/C24H31N9/c1-16-10-22(25)30-17(2)20(16)11-26-23-21-14-33(31-24(21)28-15-27-23)13-19-6-4-18(5-7-19)12-32-9-3-8-29-32/h3,8-10,14-15,18-19H,4-7,11-13H2,1-2H3,(H2,25,30)(H,26,27,28,31)/t18-,19-. The summed E-state index contributed by atoms with van der Waals surface area (Å²) < 4.78 is 4.10. The van der Waals surface area contributed by atoms with Crippen LogP contribution in [0.1, 0.15) is 42.5 Å². The zero-order valence-corrected chi connectivity index (χ0v) is 19.3. The second-order valence-electron chi connectivity index (χ2n) is 9.21. The van der Waals surface area contributed by atoms with E-state index in [1.807, 2.05) is 29.9 Å². The Morgan fingerprint density at radius 1 is 1.06 bits per heavy atom. The van der Waals surface area contributed by atoms with E-state index in [0.717, 1.165) is 46.8 Å². The van der Waals surface area contributed by atoms with Crippen LogP contribution in [0.25, 0.3) is 11.0 Å². The van der Waals surface area contributed by atoms with Crippen molar-refractivity contribution in [3.05, 3.63) is 53.9 Å². The first-order valence-electron chi connectivity index (χ1n) is 11.7. The first-order chi connectivity index (χ1) is 16.0. The second kappa shape index (κ2) is 9.17. The summed E-state index contributed by atoms with van der Waals surface area (Å²) in [5.41, 5.74) is 9.78. The van der Waals surface area contributed by atoms with Crippen molar-refractivity contribution in [1.29, 1.82) is 0 Å². The van der Waals surface area contributed by atoms with Crippen molar-refractivity contribution < 1.29 is 0 Å². The van der Waals surface area contributed by atoms with Crippen LogP contribution in [0.4, 0.5) is 11.6 Å². The van der Waals surface area contributed by atoms with Crippen molar-refractivity contribution in [2.45, 2.75) is 59.2 Å². The predicted octanol–water partition coefficient (Wildman–Crippen LogP) is 3.74. The first-order valence-corrected chi connectivity index (χ1v) is 11.7. The normalized spacial score (nSPS) is 18.6. The Morgan fingerprint density at radius 3 is 2.52 bits per heavy atom. The minimum absolute atomic E-state index is 0.551. The third-order valence-electron chi connectivity index (χ3n) is 6.79. The molecule has 0 aromatic carbocycles. The van der Waals surface area contributed by atoms with Crippen molar-refractivity contribution in [3.63, 3.8) is 0 Å². The van der Waals surface area contributed by atoms with Crippen molar-refractivity contribution in [2.75, 3.05) is 11.1 Å². The Balaban J connectivity index is 1.23. The average molecular weight is 446 g/mol. The maximum Gasteiger partial charge on any atom is 0.186 e. The molecule has 3 N–H and O–H groups in total. The molecule has 0 atom stereocenters. The Labute approximate surface area is 193 Å². The van der Waals surface area contributed by atoms with Gasteiger partial charge >= 0.3 is 0 Å². The molecule has 1 aliphatic carbocycles. The second-order valence-corrected chi connectivity index (χ2v) is 9.21. The molecule has 172 valence electrons. The van der Waals surface area contributed by atoms with Crippen LogP contribution in [0.15, 0.2) is 37.1 Å². The minimum Gasteiger partial charge on any atom is -0.384 e. The molecule has 33 heavy (non-hydrogen) atoms. The molecule has 4 aromatic rings. The maximum atomic E-state index is 5.86. The highest BCUT2D eigenvalue weighted by atomic mass is 15.3. The summed E-state index contributed by atoms with van der Waals surface area (Å²) in [6.07, 6.45) is 12.5. The summed E-state index contributed by atoms with van der Waals surface area (Å²) in [7, 11) is 0. The number of anilines is 2. The van der Waals surface area contributed by atoms with Crippen LogP contribution in [-0.4, -0.2) is 34.5 Å². The van der Waals surface area contributed by atoms with Gasteiger partial charge in [-0.25, -0.2) is 15.0 Å². The average Bonchev–Trinajstić information content (AvgIpc) is 3.44. The number of hydrogen-bond donors (Lipinski definition) is 2. The molecule has 0 aliphatic heterocycles. The number of rotatable bonds is 7. The van der Waals surface area contributed by atoms with Crippen LogP contribution in [0.3, 0.4) is 0 Å². The fraction of sp³-hybridized carbons (Fsp3) is 0.458. The molecule has 1 fully saturated rings. The predicted molar refractivity (Wildman–Crippen MR) is 128 cm³/mol. The number of nitrogens with one attached hydrogen (secondary N) is 1. The molecule has 0 amide bonds. The number of pyridine rings is 1. The highest BCUT2D eigenvalue weighted by Crippen LogP contribution is 2.31. The van der Waals surface area contributed by atoms with E-state index in [2.05, 4.69) is 49.4 Å². The van der Waals surface area contributed by atoms with Gasteiger partial charge in [-0.05, 0) is 74.6 Å². The van der Waals surface area contributed by atoms with Gasteiger partial charge in [-0.2, -0.15) is 10.2 Å². The lowest BCUT2D eigenvalue weighted by Crippen LogP contribution is -2.22. The van der Waals surface area contributed by atoms with Gasteiger partial charge in [0.25, 0.3) is 0 Å². The van der Waals surface area contributed by atoms with E-state index >= 15 is 0 Å². The van der Waals surface area contributed by atoms with Gasteiger partial charge in [-0.1, -0.05) is 0 Å². The third-order valence-corrected chi connectivity index (χ3v) is 6.79. The van der Waals surface area contributed by atoms with E-state index in [9.17, 15) is 0 Å². The van der Waals surface area contributed by atoms with Gasteiger partial charge < -0.3 is 11.1 Å². The maximum absolute atomic E-state index is 5.86. The molecule has 0 bridgehead atoms. The molecule has 0 unspecified atom stereocenters. The largest absolute Gasteiger partial charge is 0.384 e. The number of fused-ring (bicyclic) bond motifs is 1. The van der Waals surface area contributed by atoms with Crippen molar-refractivity contribution in [1.82, 2.24) is 34.5 Å². The molecule has 4 heterocycles. The van der Waals surface area contributed by atoms with Gasteiger partial charge in [-0.15, -0.1) is 0 Å². The summed E-state index contributed by atoms with van der Waals surface area (Å²) in [6.45, 7) is 6.61. The Kier molecular flexibility index (Phi) is 5.93. The fourth-order valence-corrected chi connectivity index (χ4v) is 4.98. The van der Waals surface area contributed by atoms with Gasteiger partial charge in [-0.3, -0.25) is 9.36 Å². The molecular formula is C24H31N9. The zero-order chi connectivity index (χ0) is 22.8. The fourth-order valence-electron chi connectivity index (χ4n) is 4.98. The van der Waals surface area contributed by atoms with Gasteiger partial charge in [0.2, 0.25) is 0 Å². The number of aromatic nitrogens is 7. The van der Waals surface area contributed by atoms with Crippen LogP contribution in [0, 0.1) is 25.7 Å². The summed E-state index contributed by atoms with van der Waals surface area (Å²) in [5.74, 6) is 2.71. The van der Waals surface area contributed by atoms with Gasteiger partial charge in [0.1, 0.15) is 18.0 Å². The molecule has 4 aromatic heterocycles. The van der Waals surface area contributed by atoms with Crippen molar-refractivity contribution in [3.8, 4) is 0 Å². The number of nitrogens with zero attached hydrogens (tertiary/aromatic N) is 7. The van der Waals surface area contributed by atoms with E-state index in [1.54, 1.807) is 6.33 Å². The SMILES string of the molecule is Cc1cc(N)nc(C)c1CNc1ncnc2nn(C[C@H]3CC[C@H](Cn4cccn4)CC3)cc12. The van der Waals surface area contributed by atoms with E-state index in [1.165, 1.54) is 25.7 Å². The quantitative estimate of drug-likeness (QED) is 0.446. The van der Waals surface area contributed by atoms with Crippen LogP contribution >= 0.6 is 0 Å². The first kappa shape index (κ1) is 21.4. The van der Waals surface area contributed by atoms with Gasteiger partial charge in [0, 0.05) is 43.9 Å². The van der Waals surface area contributed by atoms with Crippen LogP contribution in [-0.2, 0) is 19.6 Å². The number of aryl methyl sites for hydroxylation is 2. The number of nitrogens with two attached hydrogens (primary N) is 1. The lowest BCUT2D eigenvalue weighted by atomic mass is 9.82. The van der Waals surface area contributed by atoms with Crippen LogP contribution < -0.4 is 11.1 Å². The minimum atomic E-state index is 0.551. The molecule has 0 spiro atoms. The van der Waals surface area contributed by atoms with Gasteiger partial charge in [0.05, 0.1) is 5.39 Å². The topological polar surface area (TPSA) is 112 Å². The third kappa shape index (κ3) is 4.81. The lowest BCUT2D eigenvalue weighted by molar-refractivity contribution is 0.224. The van der Waals surface area contributed by atoms with Crippen LogP contribution in [0.2, 0.25) is 0 Å². The Morgan fingerprint density at radius 2 is 1.82 bits per heavy atom. The van der Waals surface area contributed by atoms with Crippen molar-refractivity contribution in [2.24, 2.45) is 11.8 Å². The lowest BCUT2D eigenvalue weighted by Gasteiger charge is -2.28. The smallest absolute Gasteiger partial charge is 0.186 e. The molecule has 9 nitrogen and oxygen atoms in total. The monoisotopic (exact) mass is 445 g/mol. The van der Waals surface area contributed by atoms with Gasteiger partial charge in [0.15, 0.2) is 5.65 Å². The summed E-state index contributed by atoms with van der Waals surface area (Å²) in [4.78, 5) is 13.3. The van der Waals surface area contributed by atoms with E-state index in [-0.39, 0.29) is 0 Å². The highest BCUT2D eigenvalue weighted by molar-refractivity contribution is 5.85. The summed E-state index contributed by atoms with van der Waals surface area (Å²) in [6, 6.07) is 3.90. The molecule has 0 saturated heterocycles. The molecule has 1 saturated carbocycles. The molecule has 5 rings (SSSR count). The number of nitrogen functional groups attached to an aromatic ring is 1. The summed E-state index contributed by atoms with van der Waals surface area (Å²) >= 11 is 0. The Bertz CT molecular complexity index is 1200. The summed E-state index contributed by atoms with van der Waals surface area (Å²) in [5, 5.41) is 13.5. The van der Waals surface area contributed by atoms with E-state index < -0.39 is 0 Å². The van der Waals surface area contributed by atoms with E-state index in [0.29, 0.717) is 24.2 Å².